The molecule has 0 spiro atoms. The molecule has 0 aliphatic carbocycles. The smallest absolute Gasteiger partial charge is 0.240 e. The second-order valence-electron chi connectivity index (χ2n) is 12.2. The molecule has 0 aliphatic heterocycles. The number of hydrogen-bond acceptors (Lipinski definition) is 4. The lowest BCUT2D eigenvalue weighted by atomic mass is 9.67. The summed E-state index contributed by atoms with van der Waals surface area (Å²) in [5.41, 5.74) is 10.8. The van der Waals surface area contributed by atoms with Gasteiger partial charge in [0.25, 0.3) is 0 Å². The van der Waals surface area contributed by atoms with Crippen LogP contribution in [0.25, 0.3) is 0 Å². The monoisotopic (exact) mass is 660 g/mol. The van der Waals surface area contributed by atoms with Crippen molar-refractivity contribution in [1.82, 2.24) is 5.32 Å². The van der Waals surface area contributed by atoms with Gasteiger partial charge in [0.05, 0.1) is 5.41 Å². The predicted molar refractivity (Wildman–Crippen MR) is 197 cm³/mol. The van der Waals surface area contributed by atoms with Crippen LogP contribution < -0.4 is 20.5 Å². The number of primary amides is 1. The summed E-state index contributed by atoms with van der Waals surface area (Å²) in [6.45, 7) is 0.705. The molecule has 6 rings (SSSR count). The van der Waals surface area contributed by atoms with Crippen molar-refractivity contribution in [3.05, 3.63) is 203 Å². The zero-order valence-electron chi connectivity index (χ0n) is 27.8. The van der Waals surface area contributed by atoms with Crippen molar-refractivity contribution in [2.45, 2.75) is 37.5 Å². The summed E-state index contributed by atoms with van der Waals surface area (Å²) in [6.07, 6.45) is 0.239. The van der Waals surface area contributed by atoms with Crippen LogP contribution in [0.1, 0.15) is 39.8 Å². The number of hydrogen-bond donors (Lipinski definition) is 2. The second-order valence-corrected chi connectivity index (χ2v) is 12.2. The standard InChI is InChI=1S/C44H40N2O4/c45-43(48)39(28-35-26-27-40(49-31-33-16-6-1-7-17-33)41(29-35)50-32-34-18-8-2-9-19-34)46-42(47)30-44(36-20-10-3-11-21-36,37-22-12-4-13-23-37)38-24-14-5-15-25-38/h1-27,29,39H,28,30-32H2,(H2,45,48)(H,46,47)/t39-/m1/s1. The van der Waals surface area contributed by atoms with Gasteiger partial charge in [-0.15, -0.1) is 0 Å². The van der Waals surface area contributed by atoms with E-state index in [0.29, 0.717) is 24.7 Å². The Morgan fingerprint density at radius 3 is 1.40 bits per heavy atom. The van der Waals surface area contributed by atoms with E-state index in [9.17, 15) is 9.59 Å². The Balaban J connectivity index is 1.26. The molecule has 250 valence electrons. The second kappa shape index (κ2) is 16.3. The van der Waals surface area contributed by atoms with Crippen LogP contribution in [-0.2, 0) is 34.6 Å². The minimum atomic E-state index is -0.958. The lowest BCUT2D eigenvalue weighted by molar-refractivity contribution is -0.127. The van der Waals surface area contributed by atoms with E-state index < -0.39 is 17.4 Å². The molecule has 0 fully saturated rings. The molecular formula is C44H40N2O4. The van der Waals surface area contributed by atoms with E-state index in [0.717, 1.165) is 33.4 Å². The van der Waals surface area contributed by atoms with Gasteiger partial charge >= 0.3 is 0 Å². The van der Waals surface area contributed by atoms with E-state index in [4.69, 9.17) is 15.2 Å². The van der Waals surface area contributed by atoms with Crippen molar-refractivity contribution in [1.29, 1.82) is 0 Å². The Bertz CT molecular complexity index is 1870. The number of benzene rings is 6. The summed E-state index contributed by atoms with van der Waals surface area (Å²) in [7, 11) is 0. The summed E-state index contributed by atoms with van der Waals surface area (Å²) in [5.74, 6) is 0.188. The van der Waals surface area contributed by atoms with Crippen molar-refractivity contribution in [3.63, 3.8) is 0 Å². The normalized spacial score (nSPS) is 11.7. The number of ether oxygens (including phenoxy) is 2. The van der Waals surface area contributed by atoms with E-state index in [1.807, 2.05) is 170 Å². The van der Waals surface area contributed by atoms with E-state index in [1.165, 1.54) is 0 Å². The maximum absolute atomic E-state index is 14.1. The lowest BCUT2D eigenvalue weighted by Gasteiger charge is -2.36. The van der Waals surface area contributed by atoms with Gasteiger partial charge in [0.1, 0.15) is 19.3 Å². The van der Waals surface area contributed by atoms with E-state index >= 15 is 0 Å². The highest BCUT2D eigenvalue weighted by molar-refractivity contribution is 5.88. The number of amides is 2. The van der Waals surface area contributed by atoms with Crippen molar-refractivity contribution in [2.24, 2.45) is 5.73 Å². The molecule has 0 heterocycles. The van der Waals surface area contributed by atoms with Crippen LogP contribution in [0, 0.1) is 0 Å². The Morgan fingerprint density at radius 2 is 0.960 bits per heavy atom. The molecule has 0 unspecified atom stereocenters. The van der Waals surface area contributed by atoms with Crippen LogP contribution in [0.3, 0.4) is 0 Å². The zero-order chi connectivity index (χ0) is 34.6. The summed E-state index contributed by atoms with van der Waals surface area (Å²) in [5, 5.41) is 2.98. The van der Waals surface area contributed by atoms with Crippen LogP contribution in [0.5, 0.6) is 11.5 Å². The van der Waals surface area contributed by atoms with Crippen LogP contribution in [0.4, 0.5) is 0 Å². The Kier molecular flexibility index (Phi) is 11.0. The summed E-state index contributed by atoms with van der Waals surface area (Å²) >= 11 is 0. The average Bonchev–Trinajstić information content (AvgIpc) is 3.17. The molecule has 0 radical (unpaired) electrons. The minimum Gasteiger partial charge on any atom is -0.485 e. The van der Waals surface area contributed by atoms with Crippen molar-refractivity contribution in [3.8, 4) is 11.5 Å². The number of rotatable bonds is 15. The highest BCUT2D eigenvalue weighted by atomic mass is 16.5. The summed E-state index contributed by atoms with van der Waals surface area (Å²) in [4.78, 5) is 27.0. The quantitative estimate of drug-likeness (QED) is 0.110. The van der Waals surface area contributed by atoms with Crippen molar-refractivity contribution in [2.75, 3.05) is 0 Å². The number of nitrogens with one attached hydrogen (secondary N) is 1. The Labute approximate surface area is 293 Å². The maximum atomic E-state index is 14.1. The van der Waals surface area contributed by atoms with Crippen molar-refractivity contribution >= 4 is 11.8 Å². The van der Waals surface area contributed by atoms with Crippen LogP contribution in [0.2, 0.25) is 0 Å². The Morgan fingerprint density at radius 1 is 0.540 bits per heavy atom. The lowest BCUT2D eigenvalue weighted by Crippen LogP contribution is -2.48. The van der Waals surface area contributed by atoms with Gasteiger partial charge in [-0.2, -0.15) is 0 Å². The SMILES string of the molecule is NC(=O)[C@@H](Cc1ccc(OCc2ccccc2)c(OCc2ccccc2)c1)NC(=O)CC(c1ccccc1)(c1ccccc1)c1ccccc1. The number of carbonyl (C=O) groups is 2. The zero-order valence-corrected chi connectivity index (χ0v) is 27.8. The molecule has 0 aromatic heterocycles. The molecule has 6 aromatic carbocycles. The maximum Gasteiger partial charge on any atom is 0.240 e. The highest BCUT2D eigenvalue weighted by Gasteiger charge is 2.39. The molecule has 0 bridgehead atoms. The molecule has 50 heavy (non-hydrogen) atoms. The van der Waals surface area contributed by atoms with Crippen molar-refractivity contribution < 1.29 is 19.1 Å². The fourth-order valence-electron chi connectivity index (χ4n) is 6.30. The largest absolute Gasteiger partial charge is 0.485 e. The van der Waals surface area contributed by atoms with Gasteiger partial charge in [-0.25, -0.2) is 0 Å². The molecule has 0 aliphatic rings. The third-order valence-corrected chi connectivity index (χ3v) is 8.83. The van der Waals surface area contributed by atoms with Gasteiger partial charge in [-0.1, -0.05) is 158 Å². The average molecular weight is 661 g/mol. The van der Waals surface area contributed by atoms with Gasteiger partial charge in [0, 0.05) is 12.8 Å². The topological polar surface area (TPSA) is 90.7 Å². The first kappa shape index (κ1) is 33.7. The number of carbonyl (C=O) groups excluding carboxylic acids is 2. The van der Waals surface area contributed by atoms with Gasteiger partial charge in [-0.05, 0) is 45.5 Å². The predicted octanol–water partition coefficient (Wildman–Crippen LogP) is 7.78. The number of nitrogens with two attached hydrogens (primary N) is 1. The third kappa shape index (κ3) is 8.28. The molecule has 6 aromatic rings. The van der Waals surface area contributed by atoms with E-state index in [1.54, 1.807) is 0 Å². The first-order chi connectivity index (χ1) is 24.5. The highest BCUT2D eigenvalue weighted by Crippen LogP contribution is 2.42. The van der Waals surface area contributed by atoms with Gasteiger partial charge in [0.15, 0.2) is 11.5 Å². The van der Waals surface area contributed by atoms with E-state index in [-0.39, 0.29) is 18.7 Å². The van der Waals surface area contributed by atoms with E-state index in [2.05, 4.69) is 5.32 Å². The molecule has 1 atom stereocenters. The van der Waals surface area contributed by atoms with Gasteiger partial charge < -0.3 is 20.5 Å². The molecule has 6 heteroatoms. The van der Waals surface area contributed by atoms with Gasteiger partial charge in [0.2, 0.25) is 11.8 Å². The molecule has 6 nitrogen and oxygen atoms in total. The first-order valence-electron chi connectivity index (χ1n) is 16.7. The third-order valence-electron chi connectivity index (χ3n) is 8.83. The van der Waals surface area contributed by atoms with Crippen LogP contribution in [-0.4, -0.2) is 17.9 Å². The minimum absolute atomic E-state index is 0.0620. The van der Waals surface area contributed by atoms with Crippen LogP contribution >= 0.6 is 0 Å². The fourth-order valence-corrected chi connectivity index (χ4v) is 6.30. The van der Waals surface area contributed by atoms with Gasteiger partial charge in [-0.3, -0.25) is 9.59 Å². The molecule has 2 amide bonds. The molecule has 0 saturated carbocycles. The summed E-state index contributed by atoms with van der Waals surface area (Å²) < 4.78 is 12.4. The molecule has 3 N–H and O–H groups in total. The fraction of sp³-hybridized carbons (Fsp3) is 0.136. The molecule has 0 saturated heterocycles. The molecular weight excluding hydrogens is 620 g/mol. The summed E-state index contributed by atoms with van der Waals surface area (Å²) in [6, 6.07) is 54.4. The Hall–Kier alpha value is -6.14. The first-order valence-corrected chi connectivity index (χ1v) is 16.7. The van der Waals surface area contributed by atoms with Crippen LogP contribution in [0.15, 0.2) is 170 Å².